The average molecular weight is 193 g/mol. The standard InChI is InChI=1S/C11H19N3/c1-9(12)5-11-6-13-14(8-11)7-10-3-2-4-10/h6,8-10H,2-5,7,12H2,1H3. The minimum absolute atomic E-state index is 0.233. The Hall–Kier alpha value is -0.830. The zero-order chi connectivity index (χ0) is 9.97. The number of aromatic nitrogens is 2. The maximum absolute atomic E-state index is 5.74. The quantitative estimate of drug-likeness (QED) is 0.789. The first-order valence-electron chi connectivity index (χ1n) is 5.51. The third kappa shape index (κ3) is 2.35. The van der Waals surface area contributed by atoms with Crippen molar-refractivity contribution in [3.8, 4) is 0 Å². The van der Waals surface area contributed by atoms with Crippen LogP contribution >= 0.6 is 0 Å². The molecular weight excluding hydrogens is 174 g/mol. The summed E-state index contributed by atoms with van der Waals surface area (Å²) in [5.41, 5.74) is 7.00. The number of rotatable bonds is 4. The lowest BCUT2D eigenvalue weighted by molar-refractivity contribution is 0.266. The van der Waals surface area contributed by atoms with Crippen molar-refractivity contribution in [2.45, 2.75) is 45.2 Å². The van der Waals surface area contributed by atoms with E-state index < -0.39 is 0 Å². The molecule has 1 aromatic heterocycles. The maximum Gasteiger partial charge on any atom is 0.0522 e. The lowest BCUT2D eigenvalue weighted by atomic mass is 9.85. The lowest BCUT2D eigenvalue weighted by Gasteiger charge is -2.24. The van der Waals surface area contributed by atoms with Crippen LogP contribution in [0.15, 0.2) is 12.4 Å². The van der Waals surface area contributed by atoms with E-state index in [0.717, 1.165) is 18.9 Å². The van der Waals surface area contributed by atoms with Gasteiger partial charge in [-0.1, -0.05) is 6.42 Å². The molecule has 1 fully saturated rings. The topological polar surface area (TPSA) is 43.8 Å². The summed E-state index contributed by atoms with van der Waals surface area (Å²) in [6, 6.07) is 0.233. The van der Waals surface area contributed by atoms with Gasteiger partial charge in [0.25, 0.3) is 0 Å². The Morgan fingerprint density at radius 2 is 2.43 bits per heavy atom. The molecule has 0 spiro atoms. The van der Waals surface area contributed by atoms with Gasteiger partial charge in [0, 0.05) is 18.8 Å². The van der Waals surface area contributed by atoms with Gasteiger partial charge in [-0.05, 0) is 37.7 Å². The van der Waals surface area contributed by atoms with E-state index in [-0.39, 0.29) is 6.04 Å². The fourth-order valence-electron chi connectivity index (χ4n) is 1.92. The van der Waals surface area contributed by atoms with E-state index >= 15 is 0 Å². The summed E-state index contributed by atoms with van der Waals surface area (Å²) in [4.78, 5) is 0. The molecule has 1 atom stereocenters. The van der Waals surface area contributed by atoms with Gasteiger partial charge in [-0.3, -0.25) is 4.68 Å². The van der Waals surface area contributed by atoms with Crippen molar-refractivity contribution in [2.75, 3.05) is 0 Å². The van der Waals surface area contributed by atoms with E-state index in [1.54, 1.807) is 0 Å². The molecule has 0 radical (unpaired) electrons. The van der Waals surface area contributed by atoms with Crippen molar-refractivity contribution < 1.29 is 0 Å². The highest BCUT2D eigenvalue weighted by molar-refractivity contribution is 5.05. The predicted molar refractivity (Wildman–Crippen MR) is 56.9 cm³/mol. The molecule has 0 aliphatic heterocycles. The molecule has 2 rings (SSSR count). The van der Waals surface area contributed by atoms with Gasteiger partial charge in [-0.15, -0.1) is 0 Å². The van der Waals surface area contributed by atoms with Crippen LogP contribution in [0.5, 0.6) is 0 Å². The van der Waals surface area contributed by atoms with Crippen LogP contribution in [0.2, 0.25) is 0 Å². The van der Waals surface area contributed by atoms with E-state index in [4.69, 9.17) is 5.73 Å². The summed E-state index contributed by atoms with van der Waals surface area (Å²) < 4.78 is 2.07. The van der Waals surface area contributed by atoms with Crippen LogP contribution in [0.1, 0.15) is 31.7 Å². The molecule has 1 aliphatic rings. The molecule has 0 aromatic carbocycles. The number of hydrogen-bond acceptors (Lipinski definition) is 2. The predicted octanol–water partition coefficient (Wildman–Crippen LogP) is 1.57. The van der Waals surface area contributed by atoms with Crippen molar-refractivity contribution in [1.82, 2.24) is 9.78 Å². The zero-order valence-electron chi connectivity index (χ0n) is 8.82. The summed E-state index contributed by atoms with van der Waals surface area (Å²) in [5.74, 6) is 0.873. The summed E-state index contributed by atoms with van der Waals surface area (Å²) in [5, 5.41) is 4.35. The largest absolute Gasteiger partial charge is 0.328 e. The first kappa shape index (κ1) is 9.71. The molecule has 0 saturated heterocycles. The number of hydrogen-bond donors (Lipinski definition) is 1. The molecule has 2 N–H and O–H groups in total. The van der Waals surface area contributed by atoms with E-state index in [1.807, 2.05) is 13.1 Å². The second kappa shape index (κ2) is 4.13. The Bertz CT molecular complexity index is 286. The Balaban J connectivity index is 1.88. The van der Waals surface area contributed by atoms with Gasteiger partial charge in [-0.25, -0.2) is 0 Å². The van der Waals surface area contributed by atoms with Crippen LogP contribution in [0.3, 0.4) is 0 Å². The zero-order valence-corrected chi connectivity index (χ0v) is 8.82. The minimum Gasteiger partial charge on any atom is -0.328 e. The van der Waals surface area contributed by atoms with Crippen molar-refractivity contribution in [1.29, 1.82) is 0 Å². The molecule has 0 amide bonds. The highest BCUT2D eigenvalue weighted by Crippen LogP contribution is 2.27. The molecule has 1 aromatic rings. The van der Waals surface area contributed by atoms with Crippen LogP contribution in [-0.2, 0) is 13.0 Å². The van der Waals surface area contributed by atoms with Gasteiger partial charge in [0.15, 0.2) is 0 Å². The smallest absolute Gasteiger partial charge is 0.0522 e. The summed E-state index contributed by atoms with van der Waals surface area (Å²) in [7, 11) is 0. The van der Waals surface area contributed by atoms with Crippen molar-refractivity contribution in [2.24, 2.45) is 11.7 Å². The third-order valence-corrected chi connectivity index (χ3v) is 2.91. The molecule has 3 heteroatoms. The van der Waals surface area contributed by atoms with Crippen LogP contribution in [0.4, 0.5) is 0 Å². The molecule has 1 saturated carbocycles. The van der Waals surface area contributed by atoms with Crippen LogP contribution in [0.25, 0.3) is 0 Å². The van der Waals surface area contributed by atoms with Crippen molar-refractivity contribution in [3.05, 3.63) is 18.0 Å². The molecule has 78 valence electrons. The summed E-state index contributed by atoms with van der Waals surface area (Å²) >= 11 is 0. The second-order valence-corrected chi connectivity index (χ2v) is 4.55. The van der Waals surface area contributed by atoms with Gasteiger partial charge in [0.2, 0.25) is 0 Å². The van der Waals surface area contributed by atoms with E-state index in [1.165, 1.54) is 24.8 Å². The van der Waals surface area contributed by atoms with E-state index in [0.29, 0.717) is 0 Å². The first-order chi connectivity index (χ1) is 6.74. The molecule has 14 heavy (non-hydrogen) atoms. The molecule has 3 nitrogen and oxygen atoms in total. The second-order valence-electron chi connectivity index (χ2n) is 4.55. The number of nitrogens with zero attached hydrogens (tertiary/aromatic N) is 2. The van der Waals surface area contributed by atoms with Gasteiger partial charge < -0.3 is 5.73 Å². The monoisotopic (exact) mass is 193 g/mol. The van der Waals surface area contributed by atoms with Crippen LogP contribution in [-0.4, -0.2) is 15.8 Å². The summed E-state index contributed by atoms with van der Waals surface area (Å²) in [6.45, 7) is 3.13. The molecule has 1 aliphatic carbocycles. The highest BCUT2D eigenvalue weighted by atomic mass is 15.3. The SMILES string of the molecule is CC(N)Cc1cnn(CC2CCC2)c1. The average Bonchev–Trinajstić information content (AvgIpc) is 2.44. The first-order valence-corrected chi connectivity index (χ1v) is 5.51. The van der Waals surface area contributed by atoms with E-state index in [2.05, 4.69) is 16.0 Å². The maximum atomic E-state index is 5.74. The molecule has 1 heterocycles. The van der Waals surface area contributed by atoms with Crippen LogP contribution < -0.4 is 5.73 Å². The van der Waals surface area contributed by atoms with Crippen molar-refractivity contribution >= 4 is 0 Å². The normalized spacial score (nSPS) is 19.3. The Morgan fingerprint density at radius 3 is 3.00 bits per heavy atom. The highest BCUT2D eigenvalue weighted by Gasteiger charge is 2.18. The fraction of sp³-hybridized carbons (Fsp3) is 0.727. The number of nitrogens with two attached hydrogens (primary N) is 1. The Labute approximate surface area is 85.3 Å². The fourth-order valence-corrected chi connectivity index (χ4v) is 1.92. The molecule has 0 bridgehead atoms. The van der Waals surface area contributed by atoms with Gasteiger partial charge >= 0.3 is 0 Å². The minimum atomic E-state index is 0.233. The van der Waals surface area contributed by atoms with E-state index in [9.17, 15) is 0 Å². The van der Waals surface area contributed by atoms with Gasteiger partial charge in [-0.2, -0.15) is 5.10 Å². The lowest BCUT2D eigenvalue weighted by Crippen LogP contribution is -2.18. The van der Waals surface area contributed by atoms with Crippen molar-refractivity contribution in [3.63, 3.8) is 0 Å². The summed E-state index contributed by atoms with van der Waals surface area (Å²) in [6.07, 6.45) is 9.18. The van der Waals surface area contributed by atoms with Crippen LogP contribution in [0, 0.1) is 5.92 Å². The van der Waals surface area contributed by atoms with Gasteiger partial charge in [0.1, 0.15) is 0 Å². The third-order valence-electron chi connectivity index (χ3n) is 2.91. The Kier molecular flexibility index (Phi) is 2.87. The molecular formula is C11H19N3. The Morgan fingerprint density at radius 1 is 1.64 bits per heavy atom. The van der Waals surface area contributed by atoms with Gasteiger partial charge in [0.05, 0.1) is 6.20 Å². The molecule has 1 unspecified atom stereocenters.